The average Bonchev–Trinajstić information content (AvgIpc) is 3.22. The Hall–Kier alpha value is -3.35. The Bertz CT molecular complexity index is 875. The lowest BCUT2D eigenvalue weighted by Gasteiger charge is -2.16. The highest BCUT2D eigenvalue weighted by Crippen LogP contribution is 2.14. The first-order valence-electron chi connectivity index (χ1n) is 9.25. The van der Waals surface area contributed by atoms with Crippen LogP contribution in [0.3, 0.4) is 0 Å². The molecule has 0 atom stereocenters. The van der Waals surface area contributed by atoms with E-state index < -0.39 is 5.97 Å². The summed E-state index contributed by atoms with van der Waals surface area (Å²) in [5, 5.41) is 14.7. The largest absolute Gasteiger partial charge is 0.478 e. The maximum Gasteiger partial charge on any atom is 0.335 e. The molecule has 7 heteroatoms. The first kappa shape index (κ1) is 19.4. The van der Waals surface area contributed by atoms with E-state index in [1.165, 1.54) is 12.1 Å². The minimum Gasteiger partial charge on any atom is -0.478 e. The molecule has 0 saturated carbocycles. The van der Waals surface area contributed by atoms with Crippen molar-refractivity contribution < 1.29 is 19.5 Å². The van der Waals surface area contributed by atoms with Gasteiger partial charge in [-0.05, 0) is 48.2 Å². The summed E-state index contributed by atoms with van der Waals surface area (Å²) in [7, 11) is 0. The van der Waals surface area contributed by atoms with Crippen molar-refractivity contribution in [3.05, 3.63) is 65.2 Å². The number of carbonyl (C=O) groups is 3. The molecule has 1 fully saturated rings. The van der Waals surface area contributed by atoms with Crippen LogP contribution in [-0.2, 0) is 17.8 Å². The lowest BCUT2D eigenvalue weighted by Crippen LogP contribution is -2.32. The summed E-state index contributed by atoms with van der Waals surface area (Å²) in [5.41, 5.74) is 2.36. The molecule has 0 bridgehead atoms. The van der Waals surface area contributed by atoms with Crippen LogP contribution in [-0.4, -0.2) is 41.0 Å². The smallest absolute Gasteiger partial charge is 0.335 e. The fraction of sp³-hybridized carbons (Fsp3) is 0.286. The van der Waals surface area contributed by atoms with E-state index in [-0.39, 0.29) is 23.9 Å². The van der Waals surface area contributed by atoms with Crippen LogP contribution in [0.4, 0.5) is 10.5 Å². The molecule has 1 heterocycles. The van der Waals surface area contributed by atoms with Gasteiger partial charge in [0.2, 0.25) is 5.91 Å². The molecule has 2 aromatic rings. The number of urea groups is 1. The maximum atomic E-state index is 12.2. The minimum absolute atomic E-state index is 0.100. The van der Waals surface area contributed by atoms with Crippen LogP contribution in [0.5, 0.6) is 0 Å². The Morgan fingerprint density at radius 3 is 2.43 bits per heavy atom. The molecule has 2 aromatic carbocycles. The molecule has 146 valence electrons. The highest BCUT2D eigenvalue weighted by Gasteiger charge is 2.17. The fourth-order valence-electron chi connectivity index (χ4n) is 3.14. The number of hydrogen-bond donors (Lipinski definition) is 3. The molecule has 7 nitrogen and oxygen atoms in total. The van der Waals surface area contributed by atoms with Crippen LogP contribution in [0, 0.1) is 0 Å². The second kappa shape index (κ2) is 9.03. The number of carbonyl (C=O) groups excluding carboxylic acids is 2. The van der Waals surface area contributed by atoms with Gasteiger partial charge in [0.1, 0.15) is 0 Å². The Kier molecular flexibility index (Phi) is 6.26. The Morgan fingerprint density at radius 2 is 1.68 bits per heavy atom. The van der Waals surface area contributed by atoms with E-state index in [9.17, 15) is 14.4 Å². The molecular formula is C21H23N3O4. The molecule has 0 aromatic heterocycles. The van der Waals surface area contributed by atoms with Crippen molar-refractivity contribution in [3.63, 3.8) is 0 Å². The van der Waals surface area contributed by atoms with Crippen molar-refractivity contribution in [1.82, 2.24) is 10.2 Å². The number of rotatable bonds is 6. The van der Waals surface area contributed by atoms with Gasteiger partial charge in [-0.2, -0.15) is 0 Å². The number of benzene rings is 2. The predicted molar refractivity (Wildman–Crippen MR) is 105 cm³/mol. The summed E-state index contributed by atoms with van der Waals surface area (Å²) >= 11 is 0. The Balaban J connectivity index is 1.52. The standard InChI is InChI=1S/C21H23N3O4/c25-19(13-15-5-3-7-17(11-15)20(26)27)22-14-16-6-4-8-18(12-16)23-21(28)24-9-1-2-10-24/h3-8,11-12H,1-2,9-10,13-14H2,(H,22,25)(H,23,28)(H,26,27). The molecule has 0 aliphatic carbocycles. The van der Waals surface area contributed by atoms with Gasteiger partial charge >= 0.3 is 12.0 Å². The molecule has 3 amide bonds. The van der Waals surface area contributed by atoms with Crippen molar-refractivity contribution >= 4 is 23.6 Å². The van der Waals surface area contributed by atoms with Crippen LogP contribution in [0.1, 0.15) is 34.3 Å². The molecule has 3 N–H and O–H groups in total. The van der Waals surface area contributed by atoms with Crippen molar-refractivity contribution in [2.24, 2.45) is 0 Å². The van der Waals surface area contributed by atoms with E-state index >= 15 is 0 Å². The first-order valence-corrected chi connectivity index (χ1v) is 9.25. The Labute approximate surface area is 163 Å². The third-order valence-corrected chi connectivity index (χ3v) is 4.60. The lowest BCUT2D eigenvalue weighted by atomic mass is 10.1. The van der Waals surface area contributed by atoms with Gasteiger partial charge < -0.3 is 20.6 Å². The maximum absolute atomic E-state index is 12.2. The van der Waals surface area contributed by atoms with Crippen molar-refractivity contribution in [2.45, 2.75) is 25.8 Å². The number of amides is 3. The van der Waals surface area contributed by atoms with E-state index in [0.29, 0.717) is 17.8 Å². The second-order valence-corrected chi connectivity index (χ2v) is 6.78. The molecule has 0 unspecified atom stereocenters. The van der Waals surface area contributed by atoms with E-state index in [4.69, 9.17) is 5.11 Å². The third kappa shape index (κ3) is 5.33. The van der Waals surface area contributed by atoms with Crippen LogP contribution < -0.4 is 10.6 Å². The third-order valence-electron chi connectivity index (χ3n) is 4.60. The van der Waals surface area contributed by atoms with E-state index in [1.807, 2.05) is 24.3 Å². The lowest BCUT2D eigenvalue weighted by molar-refractivity contribution is -0.120. The van der Waals surface area contributed by atoms with Gasteiger partial charge in [-0.25, -0.2) is 9.59 Å². The zero-order chi connectivity index (χ0) is 19.9. The number of anilines is 1. The molecule has 0 radical (unpaired) electrons. The van der Waals surface area contributed by atoms with Crippen LogP contribution in [0.2, 0.25) is 0 Å². The van der Waals surface area contributed by atoms with Crippen molar-refractivity contribution in [2.75, 3.05) is 18.4 Å². The fourth-order valence-corrected chi connectivity index (χ4v) is 3.14. The molecule has 3 rings (SSSR count). The minimum atomic E-state index is -1.02. The second-order valence-electron chi connectivity index (χ2n) is 6.78. The summed E-state index contributed by atoms with van der Waals surface area (Å²) < 4.78 is 0. The molecule has 1 aliphatic rings. The van der Waals surface area contributed by atoms with Gasteiger partial charge in [0, 0.05) is 25.3 Å². The van der Waals surface area contributed by atoms with E-state index in [2.05, 4.69) is 10.6 Å². The number of carboxylic acids is 1. The molecular weight excluding hydrogens is 358 g/mol. The molecule has 0 spiro atoms. The SMILES string of the molecule is O=C(Cc1cccc(C(=O)O)c1)NCc1cccc(NC(=O)N2CCCC2)c1. The molecule has 1 aliphatic heterocycles. The predicted octanol–water partition coefficient (Wildman–Crippen LogP) is 2.87. The van der Waals surface area contributed by atoms with Gasteiger partial charge in [-0.15, -0.1) is 0 Å². The zero-order valence-corrected chi connectivity index (χ0v) is 15.5. The zero-order valence-electron chi connectivity index (χ0n) is 15.5. The van der Waals surface area contributed by atoms with Crippen LogP contribution in [0.25, 0.3) is 0 Å². The van der Waals surface area contributed by atoms with Gasteiger partial charge in [-0.1, -0.05) is 24.3 Å². The number of hydrogen-bond acceptors (Lipinski definition) is 3. The van der Waals surface area contributed by atoms with Crippen molar-refractivity contribution in [1.29, 1.82) is 0 Å². The first-order chi connectivity index (χ1) is 13.5. The normalized spacial score (nSPS) is 13.2. The highest BCUT2D eigenvalue weighted by molar-refractivity contribution is 5.89. The van der Waals surface area contributed by atoms with E-state index in [1.54, 1.807) is 17.0 Å². The quantitative estimate of drug-likeness (QED) is 0.716. The average molecular weight is 381 g/mol. The van der Waals surface area contributed by atoms with Gasteiger partial charge in [0.25, 0.3) is 0 Å². The van der Waals surface area contributed by atoms with E-state index in [0.717, 1.165) is 31.5 Å². The summed E-state index contributed by atoms with van der Waals surface area (Å²) in [6, 6.07) is 13.6. The van der Waals surface area contributed by atoms with Crippen LogP contribution in [0.15, 0.2) is 48.5 Å². The summed E-state index contributed by atoms with van der Waals surface area (Å²) in [6.07, 6.45) is 2.18. The number of likely N-dealkylation sites (tertiary alicyclic amines) is 1. The highest BCUT2D eigenvalue weighted by atomic mass is 16.4. The summed E-state index contributed by atoms with van der Waals surface area (Å²) in [4.78, 5) is 37.1. The van der Waals surface area contributed by atoms with Crippen LogP contribution >= 0.6 is 0 Å². The Morgan fingerprint density at radius 1 is 0.964 bits per heavy atom. The topological polar surface area (TPSA) is 98.7 Å². The summed E-state index contributed by atoms with van der Waals surface area (Å²) in [6.45, 7) is 1.89. The van der Waals surface area contributed by atoms with Gasteiger partial charge in [0.15, 0.2) is 0 Å². The number of aromatic carboxylic acids is 1. The number of carboxylic acid groups (broad SMARTS) is 1. The molecule has 28 heavy (non-hydrogen) atoms. The van der Waals surface area contributed by atoms with Gasteiger partial charge in [-0.3, -0.25) is 4.79 Å². The monoisotopic (exact) mass is 381 g/mol. The number of nitrogens with zero attached hydrogens (tertiary/aromatic N) is 1. The van der Waals surface area contributed by atoms with Gasteiger partial charge in [0.05, 0.1) is 12.0 Å². The summed E-state index contributed by atoms with van der Waals surface area (Å²) in [5.74, 6) is -1.22. The number of nitrogens with one attached hydrogen (secondary N) is 2. The van der Waals surface area contributed by atoms with Crippen molar-refractivity contribution in [3.8, 4) is 0 Å². The molecule has 1 saturated heterocycles.